The Morgan fingerprint density at radius 2 is 1.88 bits per heavy atom. The molecule has 25 heavy (non-hydrogen) atoms. The van der Waals surface area contributed by atoms with Crippen molar-refractivity contribution in [3.63, 3.8) is 0 Å². The largest absolute Gasteiger partial charge is 0.450 e. The van der Waals surface area contributed by atoms with Gasteiger partial charge in [0, 0.05) is 19.1 Å². The average Bonchev–Trinajstić information content (AvgIpc) is 2.57. The fraction of sp³-hybridized carbons (Fsp3) is 0.471. The molecule has 1 aromatic carbocycles. The number of nitrogens with zero attached hydrogens (tertiary/aromatic N) is 1. The Bertz CT molecular complexity index is 630. The van der Waals surface area contributed by atoms with Gasteiger partial charge in [0.15, 0.2) is 0 Å². The van der Waals surface area contributed by atoms with Gasteiger partial charge in [0.05, 0.1) is 12.3 Å². The zero-order valence-corrected chi connectivity index (χ0v) is 14.1. The van der Waals surface area contributed by atoms with E-state index in [9.17, 15) is 18.8 Å². The number of rotatable bonds is 5. The van der Waals surface area contributed by atoms with Crippen LogP contribution in [-0.4, -0.2) is 48.5 Å². The molecule has 1 aliphatic heterocycles. The van der Waals surface area contributed by atoms with E-state index >= 15 is 0 Å². The van der Waals surface area contributed by atoms with E-state index in [4.69, 9.17) is 4.74 Å². The van der Waals surface area contributed by atoms with Crippen LogP contribution in [0.25, 0.3) is 0 Å². The summed E-state index contributed by atoms with van der Waals surface area (Å²) in [6.45, 7) is 3.06. The van der Waals surface area contributed by atoms with Gasteiger partial charge in [0.2, 0.25) is 11.8 Å². The predicted molar refractivity (Wildman–Crippen MR) is 89.4 cm³/mol. The summed E-state index contributed by atoms with van der Waals surface area (Å²) in [5, 5.41) is 5.14. The third-order valence-electron chi connectivity index (χ3n) is 3.86. The second-order valence-corrected chi connectivity index (χ2v) is 5.73. The van der Waals surface area contributed by atoms with E-state index in [1.54, 1.807) is 17.9 Å². The Hall–Kier alpha value is -2.64. The molecule has 0 saturated carbocycles. The maximum absolute atomic E-state index is 13.5. The summed E-state index contributed by atoms with van der Waals surface area (Å²) in [6.07, 6.45) is 0.460. The smallest absolute Gasteiger partial charge is 0.409 e. The minimum absolute atomic E-state index is 0.0445. The summed E-state index contributed by atoms with van der Waals surface area (Å²) in [5.41, 5.74) is 0.0445. The number of ether oxygens (including phenoxy) is 1. The van der Waals surface area contributed by atoms with E-state index in [1.807, 2.05) is 0 Å². The molecule has 1 heterocycles. The fourth-order valence-electron chi connectivity index (χ4n) is 2.60. The number of hydrogen-bond acceptors (Lipinski definition) is 4. The summed E-state index contributed by atoms with van der Waals surface area (Å²) in [6, 6.07) is 5.67. The lowest BCUT2D eigenvalue weighted by molar-refractivity contribution is -0.127. The van der Waals surface area contributed by atoms with Crippen molar-refractivity contribution in [1.29, 1.82) is 0 Å². The predicted octanol–water partition coefficient (Wildman–Crippen LogP) is 1.89. The Balaban J connectivity index is 1.73. The molecule has 7 nitrogen and oxygen atoms in total. The van der Waals surface area contributed by atoms with Gasteiger partial charge in [0.25, 0.3) is 0 Å². The molecule has 3 amide bonds. The van der Waals surface area contributed by atoms with Crippen molar-refractivity contribution < 1.29 is 23.5 Å². The second-order valence-electron chi connectivity index (χ2n) is 5.73. The molecule has 1 saturated heterocycles. The van der Waals surface area contributed by atoms with Gasteiger partial charge in [-0.3, -0.25) is 9.59 Å². The molecule has 0 spiro atoms. The number of likely N-dealkylation sites (tertiary alicyclic amines) is 1. The number of carbonyl (C=O) groups excluding carboxylic acids is 3. The van der Waals surface area contributed by atoms with Crippen LogP contribution >= 0.6 is 0 Å². The topological polar surface area (TPSA) is 87.7 Å². The minimum Gasteiger partial charge on any atom is -0.450 e. The van der Waals surface area contributed by atoms with E-state index in [1.165, 1.54) is 18.2 Å². The number of nitrogens with one attached hydrogen (secondary N) is 2. The molecule has 0 bridgehead atoms. The van der Waals surface area contributed by atoms with Gasteiger partial charge in [0.1, 0.15) is 12.2 Å². The summed E-state index contributed by atoms with van der Waals surface area (Å²) < 4.78 is 18.4. The Morgan fingerprint density at radius 3 is 2.52 bits per heavy atom. The van der Waals surface area contributed by atoms with E-state index < -0.39 is 17.6 Å². The second kappa shape index (κ2) is 9.00. The van der Waals surface area contributed by atoms with E-state index in [-0.39, 0.29) is 24.2 Å². The molecular weight excluding hydrogens is 329 g/mol. The molecule has 2 rings (SSSR count). The van der Waals surface area contributed by atoms with Crippen LogP contribution in [-0.2, 0) is 14.3 Å². The third-order valence-corrected chi connectivity index (χ3v) is 3.86. The van der Waals surface area contributed by atoms with Crippen LogP contribution in [0, 0.1) is 5.82 Å². The van der Waals surface area contributed by atoms with Gasteiger partial charge in [-0.25, -0.2) is 9.18 Å². The number of piperidine rings is 1. The quantitative estimate of drug-likeness (QED) is 0.793. The van der Waals surface area contributed by atoms with Crippen molar-refractivity contribution in [3.8, 4) is 0 Å². The van der Waals surface area contributed by atoms with Gasteiger partial charge < -0.3 is 20.3 Å². The number of para-hydroxylation sites is 1. The van der Waals surface area contributed by atoms with Crippen molar-refractivity contribution in [1.82, 2.24) is 10.2 Å². The lowest BCUT2D eigenvalue weighted by Crippen LogP contribution is -2.47. The minimum atomic E-state index is -0.577. The van der Waals surface area contributed by atoms with Gasteiger partial charge >= 0.3 is 6.09 Å². The van der Waals surface area contributed by atoms with E-state index in [0.29, 0.717) is 32.5 Å². The lowest BCUT2D eigenvalue weighted by atomic mass is 10.1. The van der Waals surface area contributed by atoms with Gasteiger partial charge in [-0.15, -0.1) is 0 Å². The molecule has 0 radical (unpaired) electrons. The van der Waals surface area contributed by atoms with Gasteiger partial charge in [-0.1, -0.05) is 12.1 Å². The molecule has 136 valence electrons. The SMILES string of the molecule is CCOC(=O)N1CCC(NC(=O)CC(=O)Nc2ccccc2F)CC1. The Labute approximate surface area is 145 Å². The Kier molecular flexibility index (Phi) is 6.73. The Morgan fingerprint density at radius 1 is 1.20 bits per heavy atom. The van der Waals surface area contributed by atoms with Gasteiger partial charge in [-0.05, 0) is 31.9 Å². The van der Waals surface area contributed by atoms with E-state index in [2.05, 4.69) is 10.6 Å². The van der Waals surface area contributed by atoms with Crippen molar-refractivity contribution >= 4 is 23.6 Å². The molecule has 2 N–H and O–H groups in total. The summed E-state index contributed by atoms with van der Waals surface area (Å²) >= 11 is 0. The molecule has 8 heteroatoms. The normalized spacial score (nSPS) is 14.7. The number of carbonyl (C=O) groups is 3. The maximum Gasteiger partial charge on any atom is 0.409 e. The summed E-state index contributed by atoms with van der Waals surface area (Å²) in [4.78, 5) is 37.0. The molecule has 0 aromatic heterocycles. The monoisotopic (exact) mass is 351 g/mol. The first-order valence-electron chi connectivity index (χ1n) is 8.25. The number of anilines is 1. The van der Waals surface area contributed by atoms with Crippen molar-refractivity contribution in [2.24, 2.45) is 0 Å². The molecule has 0 unspecified atom stereocenters. The van der Waals surface area contributed by atoms with Crippen LogP contribution in [0.5, 0.6) is 0 Å². The van der Waals surface area contributed by atoms with Crippen molar-refractivity contribution in [3.05, 3.63) is 30.1 Å². The zero-order valence-electron chi connectivity index (χ0n) is 14.1. The van der Waals surface area contributed by atoms with Crippen LogP contribution in [0.15, 0.2) is 24.3 Å². The maximum atomic E-state index is 13.5. The third kappa shape index (κ3) is 5.74. The molecule has 1 aromatic rings. The standard InChI is InChI=1S/C17H22FN3O4/c1-2-25-17(24)21-9-7-12(8-10-21)19-15(22)11-16(23)20-14-6-4-3-5-13(14)18/h3-6,12H,2,7-11H2,1H3,(H,19,22)(H,20,23). The number of amides is 3. The van der Waals surface area contributed by atoms with Crippen LogP contribution in [0.3, 0.4) is 0 Å². The highest BCUT2D eigenvalue weighted by molar-refractivity contribution is 6.03. The number of hydrogen-bond donors (Lipinski definition) is 2. The van der Waals surface area contributed by atoms with Gasteiger partial charge in [-0.2, -0.15) is 0 Å². The fourth-order valence-corrected chi connectivity index (χ4v) is 2.60. The average molecular weight is 351 g/mol. The highest BCUT2D eigenvalue weighted by Crippen LogP contribution is 2.13. The van der Waals surface area contributed by atoms with Crippen molar-refractivity contribution in [2.75, 3.05) is 25.0 Å². The lowest BCUT2D eigenvalue weighted by Gasteiger charge is -2.31. The van der Waals surface area contributed by atoms with Crippen LogP contribution < -0.4 is 10.6 Å². The number of benzene rings is 1. The van der Waals surface area contributed by atoms with Crippen LogP contribution in [0.1, 0.15) is 26.2 Å². The molecule has 0 atom stereocenters. The first-order chi connectivity index (χ1) is 12.0. The number of halogens is 1. The van der Waals surface area contributed by atoms with E-state index in [0.717, 1.165) is 0 Å². The molecule has 0 aliphatic carbocycles. The molecular formula is C17H22FN3O4. The van der Waals surface area contributed by atoms with Crippen LogP contribution in [0.2, 0.25) is 0 Å². The summed E-state index contributed by atoms with van der Waals surface area (Å²) in [5.74, 6) is -1.56. The highest BCUT2D eigenvalue weighted by atomic mass is 19.1. The first kappa shape index (κ1) is 18.7. The van der Waals surface area contributed by atoms with Crippen LogP contribution in [0.4, 0.5) is 14.9 Å². The molecule has 1 aliphatic rings. The highest BCUT2D eigenvalue weighted by Gasteiger charge is 2.25. The summed E-state index contributed by atoms with van der Waals surface area (Å²) in [7, 11) is 0. The first-order valence-corrected chi connectivity index (χ1v) is 8.25. The van der Waals surface area contributed by atoms with Crippen molar-refractivity contribution in [2.45, 2.75) is 32.2 Å². The zero-order chi connectivity index (χ0) is 18.2. The molecule has 1 fully saturated rings.